The molecular weight excluding hydrogens is 323 g/mol. The minimum Gasteiger partial charge on any atom is -0.449 e. The predicted octanol–water partition coefficient (Wildman–Crippen LogP) is 3.60. The van der Waals surface area contributed by atoms with Crippen LogP contribution in [0.3, 0.4) is 0 Å². The molecule has 2 aromatic carbocycles. The number of hydrogen-bond donors (Lipinski definition) is 1. The molecule has 1 amide bonds. The summed E-state index contributed by atoms with van der Waals surface area (Å²) in [5, 5.41) is 2.05. The molecule has 1 N–H and O–H groups in total. The Labute approximate surface area is 136 Å². The van der Waals surface area contributed by atoms with Crippen LogP contribution in [0.1, 0.15) is 22.8 Å². The quantitative estimate of drug-likeness (QED) is 0.685. The van der Waals surface area contributed by atoms with Crippen LogP contribution in [0.25, 0.3) is 0 Å². The number of ether oxygens (including phenoxy) is 1. The van der Waals surface area contributed by atoms with Gasteiger partial charge in [-0.15, -0.1) is 0 Å². The van der Waals surface area contributed by atoms with Gasteiger partial charge in [-0.25, -0.2) is 18.0 Å². The number of aryl methyl sites for hydroxylation is 1. The molecule has 0 aliphatic rings. The summed E-state index contributed by atoms with van der Waals surface area (Å²) in [5.74, 6) is -6.19. The molecule has 0 fully saturated rings. The maximum absolute atomic E-state index is 13.5. The van der Waals surface area contributed by atoms with Crippen molar-refractivity contribution in [2.45, 2.75) is 20.0 Å². The highest BCUT2D eigenvalue weighted by Crippen LogP contribution is 2.20. The molecule has 0 spiro atoms. The van der Waals surface area contributed by atoms with Crippen molar-refractivity contribution in [3.63, 3.8) is 0 Å². The molecule has 1 atom stereocenters. The second kappa shape index (κ2) is 7.16. The Morgan fingerprint density at radius 2 is 1.71 bits per heavy atom. The van der Waals surface area contributed by atoms with E-state index in [0.717, 1.165) is 6.07 Å². The Hall–Kier alpha value is -2.83. The van der Waals surface area contributed by atoms with Crippen LogP contribution in [0.15, 0.2) is 36.4 Å². The van der Waals surface area contributed by atoms with E-state index in [2.05, 4.69) is 5.32 Å². The van der Waals surface area contributed by atoms with Gasteiger partial charge in [0.25, 0.3) is 5.91 Å². The molecule has 4 nitrogen and oxygen atoms in total. The topological polar surface area (TPSA) is 55.4 Å². The molecule has 0 bridgehead atoms. The van der Waals surface area contributed by atoms with Gasteiger partial charge in [0.1, 0.15) is 0 Å². The standard InChI is InChI=1S/C17H14F3NO3/c1-9-5-3-4-6-11(9)17(23)24-10(2)16(22)21-13-8-7-12(18)14(19)15(13)20/h3-8,10H,1-2H3,(H,21,22)/t10-/m1/s1. The number of rotatable bonds is 4. The molecule has 0 radical (unpaired) electrons. The van der Waals surface area contributed by atoms with E-state index < -0.39 is 41.1 Å². The molecule has 0 aliphatic carbocycles. The van der Waals surface area contributed by atoms with E-state index in [1.54, 1.807) is 25.1 Å². The highest BCUT2D eigenvalue weighted by Gasteiger charge is 2.22. The smallest absolute Gasteiger partial charge is 0.339 e. The highest BCUT2D eigenvalue weighted by molar-refractivity contribution is 5.97. The molecule has 7 heteroatoms. The zero-order valence-corrected chi connectivity index (χ0v) is 12.9. The number of amides is 1. The molecule has 24 heavy (non-hydrogen) atoms. The van der Waals surface area contributed by atoms with Gasteiger partial charge in [0.2, 0.25) is 0 Å². The van der Waals surface area contributed by atoms with Crippen molar-refractivity contribution in [1.29, 1.82) is 0 Å². The lowest BCUT2D eigenvalue weighted by Crippen LogP contribution is -2.30. The largest absolute Gasteiger partial charge is 0.449 e. The van der Waals surface area contributed by atoms with Crippen molar-refractivity contribution in [3.05, 3.63) is 65.0 Å². The summed E-state index contributed by atoms with van der Waals surface area (Å²) in [6, 6.07) is 8.19. The summed E-state index contributed by atoms with van der Waals surface area (Å²) >= 11 is 0. The Balaban J connectivity index is 2.07. The first-order valence-electron chi connectivity index (χ1n) is 7.02. The number of esters is 1. The predicted molar refractivity (Wildman–Crippen MR) is 81.0 cm³/mol. The van der Waals surface area contributed by atoms with Crippen molar-refractivity contribution >= 4 is 17.6 Å². The van der Waals surface area contributed by atoms with Crippen LogP contribution in [-0.2, 0) is 9.53 Å². The fourth-order valence-electron chi connectivity index (χ4n) is 1.94. The van der Waals surface area contributed by atoms with Crippen LogP contribution in [-0.4, -0.2) is 18.0 Å². The molecule has 0 unspecified atom stereocenters. The van der Waals surface area contributed by atoms with Crippen LogP contribution >= 0.6 is 0 Å². The van der Waals surface area contributed by atoms with Crippen molar-refractivity contribution in [3.8, 4) is 0 Å². The van der Waals surface area contributed by atoms with Gasteiger partial charge in [-0.3, -0.25) is 4.79 Å². The maximum atomic E-state index is 13.5. The van der Waals surface area contributed by atoms with Crippen molar-refractivity contribution in [2.24, 2.45) is 0 Å². The molecule has 126 valence electrons. The van der Waals surface area contributed by atoms with E-state index in [4.69, 9.17) is 4.74 Å². The summed E-state index contributed by atoms with van der Waals surface area (Å²) in [6.45, 7) is 2.99. The van der Waals surface area contributed by atoms with Crippen molar-refractivity contribution in [2.75, 3.05) is 5.32 Å². The summed E-state index contributed by atoms with van der Waals surface area (Å²) in [4.78, 5) is 24.0. The lowest BCUT2D eigenvalue weighted by atomic mass is 10.1. The van der Waals surface area contributed by atoms with Gasteiger partial charge < -0.3 is 10.1 Å². The van der Waals surface area contributed by atoms with Gasteiger partial charge in [0, 0.05) is 0 Å². The molecule has 0 saturated heterocycles. The second-order valence-electron chi connectivity index (χ2n) is 5.07. The average Bonchev–Trinajstić information content (AvgIpc) is 2.55. The number of carbonyl (C=O) groups is 2. The van der Waals surface area contributed by atoms with Gasteiger partial charge in [-0.2, -0.15) is 0 Å². The van der Waals surface area contributed by atoms with Gasteiger partial charge in [0.15, 0.2) is 23.6 Å². The Morgan fingerprint density at radius 3 is 2.38 bits per heavy atom. The van der Waals surface area contributed by atoms with Gasteiger partial charge in [-0.05, 0) is 37.6 Å². The second-order valence-corrected chi connectivity index (χ2v) is 5.07. The Kier molecular flexibility index (Phi) is 5.23. The number of carbonyl (C=O) groups excluding carboxylic acids is 2. The minimum absolute atomic E-state index is 0.288. The van der Waals surface area contributed by atoms with Gasteiger partial charge >= 0.3 is 5.97 Å². The van der Waals surface area contributed by atoms with Crippen LogP contribution in [0.2, 0.25) is 0 Å². The third kappa shape index (κ3) is 3.73. The van der Waals surface area contributed by atoms with Gasteiger partial charge in [-0.1, -0.05) is 18.2 Å². The van der Waals surface area contributed by atoms with E-state index in [1.165, 1.54) is 13.0 Å². The monoisotopic (exact) mass is 337 g/mol. The number of hydrogen-bond acceptors (Lipinski definition) is 3. The molecule has 0 saturated carbocycles. The molecule has 2 rings (SSSR count). The van der Waals surface area contributed by atoms with Crippen LogP contribution in [0.4, 0.5) is 18.9 Å². The summed E-state index contributed by atoms with van der Waals surface area (Å²) in [6.07, 6.45) is -1.26. The molecule has 0 aliphatic heterocycles. The van der Waals surface area contributed by atoms with Crippen LogP contribution in [0.5, 0.6) is 0 Å². The van der Waals surface area contributed by atoms with E-state index in [1.807, 2.05) is 0 Å². The zero-order valence-electron chi connectivity index (χ0n) is 12.9. The number of halogens is 3. The van der Waals surface area contributed by atoms with E-state index >= 15 is 0 Å². The molecule has 0 aromatic heterocycles. The SMILES string of the molecule is Cc1ccccc1C(=O)O[C@H](C)C(=O)Nc1ccc(F)c(F)c1F. The molecular formula is C17H14F3NO3. The number of nitrogens with one attached hydrogen (secondary N) is 1. The lowest BCUT2D eigenvalue weighted by molar-refractivity contribution is -0.123. The average molecular weight is 337 g/mol. The minimum atomic E-state index is -1.70. The first-order chi connectivity index (χ1) is 11.3. The fourth-order valence-corrected chi connectivity index (χ4v) is 1.94. The third-order valence-electron chi connectivity index (χ3n) is 3.31. The highest BCUT2D eigenvalue weighted by atomic mass is 19.2. The normalized spacial score (nSPS) is 11.7. The van der Waals surface area contributed by atoms with Crippen LogP contribution < -0.4 is 5.32 Å². The molecule has 2 aromatic rings. The zero-order chi connectivity index (χ0) is 17.9. The van der Waals surface area contributed by atoms with E-state index in [0.29, 0.717) is 11.6 Å². The molecule has 0 heterocycles. The maximum Gasteiger partial charge on any atom is 0.339 e. The Bertz CT molecular complexity index is 793. The summed E-state index contributed by atoms with van der Waals surface area (Å²) < 4.78 is 44.5. The van der Waals surface area contributed by atoms with E-state index in [9.17, 15) is 22.8 Å². The lowest BCUT2D eigenvalue weighted by Gasteiger charge is -2.15. The first kappa shape index (κ1) is 17.5. The van der Waals surface area contributed by atoms with Crippen LogP contribution in [0, 0.1) is 24.4 Å². The first-order valence-corrected chi connectivity index (χ1v) is 7.02. The number of benzene rings is 2. The van der Waals surface area contributed by atoms with Crippen molar-refractivity contribution in [1.82, 2.24) is 0 Å². The number of anilines is 1. The van der Waals surface area contributed by atoms with E-state index in [-0.39, 0.29) is 5.56 Å². The van der Waals surface area contributed by atoms with Gasteiger partial charge in [0.05, 0.1) is 11.3 Å². The summed E-state index contributed by atoms with van der Waals surface area (Å²) in [5.41, 5.74) is 0.413. The fraction of sp³-hybridized carbons (Fsp3) is 0.176. The van der Waals surface area contributed by atoms with Crippen molar-refractivity contribution < 1.29 is 27.5 Å². The third-order valence-corrected chi connectivity index (χ3v) is 3.31. The Morgan fingerprint density at radius 1 is 1.04 bits per heavy atom. The summed E-state index contributed by atoms with van der Waals surface area (Å²) in [7, 11) is 0.